The van der Waals surface area contributed by atoms with Crippen LogP contribution in [0, 0.1) is 5.82 Å². The Morgan fingerprint density at radius 3 is 2.46 bits per heavy atom. The van der Waals surface area contributed by atoms with Gasteiger partial charge in [-0.25, -0.2) is 4.39 Å². The lowest BCUT2D eigenvalue weighted by molar-refractivity contribution is -0.130. The highest BCUT2D eigenvalue weighted by atomic mass is 19.1. The van der Waals surface area contributed by atoms with Crippen LogP contribution < -0.4 is 14.4 Å². The standard InChI is InChI=1S/C20H21FN2O3/c21-17-4-2-1-3-15(17)13-20(24)23-9-7-22(8-10-23)16-5-6-18-19(14-16)26-12-11-25-18/h1-6,14H,7-13H2. The molecular weight excluding hydrogens is 335 g/mol. The molecule has 1 fully saturated rings. The van der Waals surface area contributed by atoms with Gasteiger partial charge in [-0.15, -0.1) is 0 Å². The highest BCUT2D eigenvalue weighted by molar-refractivity contribution is 5.79. The molecule has 4 rings (SSSR count). The van der Waals surface area contributed by atoms with Crippen molar-refractivity contribution in [3.8, 4) is 11.5 Å². The summed E-state index contributed by atoms with van der Waals surface area (Å²) in [5, 5.41) is 0. The van der Waals surface area contributed by atoms with E-state index in [1.807, 2.05) is 18.2 Å². The van der Waals surface area contributed by atoms with Gasteiger partial charge in [0, 0.05) is 37.9 Å². The molecule has 0 unspecified atom stereocenters. The van der Waals surface area contributed by atoms with Crippen molar-refractivity contribution in [1.82, 2.24) is 4.90 Å². The lowest BCUT2D eigenvalue weighted by Crippen LogP contribution is -2.49. The van der Waals surface area contributed by atoms with Gasteiger partial charge in [-0.2, -0.15) is 0 Å². The average molecular weight is 356 g/mol. The SMILES string of the molecule is O=C(Cc1ccccc1F)N1CCN(c2ccc3c(c2)OCCO3)CC1. The summed E-state index contributed by atoms with van der Waals surface area (Å²) in [5.74, 6) is 1.19. The molecule has 136 valence electrons. The molecule has 0 saturated carbocycles. The minimum Gasteiger partial charge on any atom is -0.486 e. The van der Waals surface area contributed by atoms with Gasteiger partial charge >= 0.3 is 0 Å². The van der Waals surface area contributed by atoms with Crippen molar-refractivity contribution in [2.75, 3.05) is 44.3 Å². The van der Waals surface area contributed by atoms with Crippen molar-refractivity contribution < 1.29 is 18.7 Å². The number of rotatable bonds is 3. The second kappa shape index (κ2) is 7.23. The Kier molecular flexibility index (Phi) is 4.65. The zero-order valence-corrected chi connectivity index (χ0v) is 14.5. The molecular formula is C20H21FN2O3. The number of ether oxygens (including phenoxy) is 2. The molecule has 2 aromatic carbocycles. The van der Waals surface area contributed by atoms with E-state index in [4.69, 9.17) is 9.47 Å². The van der Waals surface area contributed by atoms with Crippen molar-refractivity contribution in [2.45, 2.75) is 6.42 Å². The number of carbonyl (C=O) groups excluding carboxylic acids is 1. The van der Waals surface area contributed by atoms with Crippen LogP contribution in [0.5, 0.6) is 11.5 Å². The van der Waals surface area contributed by atoms with Gasteiger partial charge in [0.2, 0.25) is 5.91 Å². The van der Waals surface area contributed by atoms with E-state index in [0.717, 1.165) is 30.3 Å². The largest absolute Gasteiger partial charge is 0.486 e. The summed E-state index contributed by atoms with van der Waals surface area (Å²) in [6.07, 6.45) is 0.108. The fourth-order valence-electron chi connectivity index (χ4n) is 3.36. The summed E-state index contributed by atoms with van der Waals surface area (Å²) in [6.45, 7) is 3.87. The molecule has 1 amide bonds. The summed E-state index contributed by atoms with van der Waals surface area (Å²) in [7, 11) is 0. The topological polar surface area (TPSA) is 42.0 Å². The van der Waals surface area contributed by atoms with E-state index in [1.54, 1.807) is 23.1 Å². The highest BCUT2D eigenvalue weighted by Crippen LogP contribution is 2.34. The Balaban J connectivity index is 1.36. The zero-order chi connectivity index (χ0) is 17.9. The summed E-state index contributed by atoms with van der Waals surface area (Å²) in [5.41, 5.74) is 1.52. The van der Waals surface area contributed by atoms with Gasteiger partial charge in [0.15, 0.2) is 11.5 Å². The predicted molar refractivity (Wildman–Crippen MR) is 96.3 cm³/mol. The van der Waals surface area contributed by atoms with Crippen molar-refractivity contribution in [2.24, 2.45) is 0 Å². The van der Waals surface area contributed by atoms with E-state index in [0.29, 0.717) is 31.9 Å². The molecule has 1 saturated heterocycles. The quantitative estimate of drug-likeness (QED) is 0.847. The van der Waals surface area contributed by atoms with Crippen LogP contribution in [0.3, 0.4) is 0 Å². The van der Waals surface area contributed by atoms with E-state index >= 15 is 0 Å². The van der Waals surface area contributed by atoms with Gasteiger partial charge in [-0.05, 0) is 23.8 Å². The van der Waals surface area contributed by atoms with Gasteiger partial charge in [0.1, 0.15) is 19.0 Å². The van der Waals surface area contributed by atoms with E-state index in [9.17, 15) is 9.18 Å². The average Bonchev–Trinajstić information content (AvgIpc) is 2.69. The fourth-order valence-corrected chi connectivity index (χ4v) is 3.36. The van der Waals surface area contributed by atoms with E-state index in [-0.39, 0.29) is 18.1 Å². The molecule has 26 heavy (non-hydrogen) atoms. The molecule has 0 N–H and O–H groups in total. The smallest absolute Gasteiger partial charge is 0.227 e. The predicted octanol–water partition coefficient (Wildman–Crippen LogP) is 2.49. The summed E-state index contributed by atoms with van der Waals surface area (Å²) >= 11 is 0. The second-order valence-corrected chi connectivity index (χ2v) is 6.46. The number of hydrogen-bond donors (Lipinski definition) is 0. The molecule has 0 atom stereocenters. The molecule has 2 aliphatic heterocycles. The van der Waals surface area contributed by atoms with Crippen LogP contribution in [-0.4, -0.2) is 50.2 Å². The molecule has 2 heterocycles. The number of anilines is 1. The minimum atomic E-state index is -0.323. The van der Waals surface area contributed by atoms with Crippen molar-refractivity contribution in [1.29, 1.82) is 0 Å². The first kappa shape index (κ1) is 16.7. The normalized spacial score (nSPS) is 16.5. The molecule has 0 spiro atoms. The Hall–Kier alpha value is -2.76. The van der Waals surface area contributed by atoms with E-state index in [1.165, 1.54) is 6.07 Å². The Morgan fingerprint density at radius 2 is 1.69 bits per heavy atom. The molecule has 5 nitrogen and oxygen atoms in total. The lowest BCUT2D eigenvalue weighted by Gasteiger charge is -2.36. The summed E-state index contributed by atoms with van der Waals surface area (Å²) < 4.78 is 24.9. The third-order valence-corrected chi connectivity index (χ3v) is 4.82. The number of piperazine rings is 1. The number of nitrogens with zero attached hydrogens (tertiary/aromatic N) is 2. The molecule has 2 aliphatic rings. The number of carbonyl (C=O) groups is 1. The van der Waals surface area contributed by atoms with Crippen molar-refractivity contribution in [3.05, 3.63) is 53.8 Å². The molecule has 0 radical (unpaired) electrons. The number of hydrogen-bond acceptors (Lipinski definition) is 4. The van der Waals surface area contributed by atoms with Crippen LogP contribution in [0.15, 0.2) is 42.5 Å². The molecule has 6 heteroatoms. The maximum Gasteiger partial charge on any atom is 0.227 e. The summed E-state index contributed by atoms with van der Waals surface area (Å²) in [4.78, 5) is 16.5. The first-order valence-corrected chi connectivity index (χ1v) is 8.86. The van der Waals surface area contributed by atoms with Gasteiger partial charge in [-0.3, -0.25) is 4.79 Å². The molecule has 0 aromatic heterocycles. The van der Waals surface area contributed by atoms with Gasteiger partial charge in [0.25, 0.3) is 0 Å². The highest BCUT2D eigenvalue weighted by Gasteiger charge is 2.23. The Labute approximate surface area is 151 Å². The number of benzene rings is 2. The van der Waals surface area contributed by atoms with Crippen LogP contribution in [0.4, 0.5) is 10.1 Å². The van der Waals surface area contributed by atoms with Crippen LogP contribution in [0.1, 0.15) is 5.56 Å². The third-order valence-electron chi connectivity index (χ3n) is 4.82. The summed E-state index contributed by atoms with van der Waals surface area (Å²) in [6, 6.07) is 12.4. The van der Waals surface area contributed by atoms with Crippen molar-refractivity contribution >= 4 is 11.6 Å². The number of fused-ring (bicyclic) bond motifs is 1. The van der Waals surface area contributed by atoms with E-state index in [2.05, 4.69) is 4.90 Å². The Bertz CT molecular complexity index is 803. The van der Waals surface area contributed by atoms with Crippen molar-refractivity contribution in [3.63, 3.8) is 0 Å². The van der Waals surface area contributed by atoms with E-state index < -0.39 is 0 Å². The van der Waals surface area contributed by atoms with Crippen LogP contribution >= 0.6 is 0 Å². The van der Waals surface area contributed by atoms with Gasteiger partial charge < -0.3 is 19.3 Å². The van der Waals surface area contributed by atoms with Gasteiger partial charge in [0.05, 0.1) is 6.42 Å². The maximum absolute atomic E-state index is 13.7. The lowest BCUT2D eigenvalue weighted by atomic mass is 10.1. The molecule has 0 bridgehead atoms. The monoisotopic (exact) mass is 356 g/mol. The first-order chi connectivity index (χ1) is 12.7. The molecule has 0 aliphatic carbocycles. The number of halogens is 1. The third kappa shape index (κ3) is 3.45. The molecule has 2 aromatic rings. The van der Waals surface area contributed by atoms with Crippen LogP contribution in [0.2, 0.25) is 0 Å². The minimum absolute atomic E-state index is 0.0306. The second-order valence-electron chi connectivity index (χ2n) is 6.46. The maximum atomic E-state index is 13.7. The fraction of sp³-hybridized carbons (Fsp3) is 0.350. The van der Waals surface area contributed by atoms with Crippen LogP contribution in [0.25, 0.3) is 0 Å². The van der Waals surface area contributed by atoms with Gasteiger partial charge in [-0.1, -0.05) is 18.2 Å². The zero-order valence-electron chi connectivity index (χ0n) is 14.5. The Morgan fingerprint density at radius 1 is 0.962 bits per heavy atom. The number of amides is 1. The van der Waals surface area contributed by atoms with Crippen LogP contribution in [-0.2, 0) is 11.2 Å². The first-order valence-electron chi connectivity index (χ1n) is 8.86.